The molecule has 5 nitrogen and oxygen atoms in total. The maximum atomic E-state index is 12.2. The lowest BCUT2D eigenvalue weighted by molar-refractivity contribution is -0.404. The van der Waals surface area contributed by atoms with Crippen LogP contribution in [0.5, 0.6) is 0 Å². The highest BCUT2D eigenvalue weighted by molar-refractivity contribution is 5.91. The molecule has 0 aromatic carbocycles. The summed E-state index contributed by atoms with van der Waals surface area (Å²) >= 11 is 0. The normalized spacial score (nSPS) is 45.2. The van der Waals surface area contributed by atoms with E-state index >= 15 is 0 Å². The number of ether oxygens (including phenoxy) is 3. The number of rotatable bonds is 4. The number of hydrogen-bond donors (Lipinski definition) is 0. The van der Waals surface area contributed by atoms with E-state index in [1.807, 2.05) is 6.92 Å². The Balaban J connectivity index is 1.83. The Morgan fingerprint density at radius 1 is 1.25 bits per heavy atom. The van der Waals surface area contributed by atoms with E-state index in [0.29, 0.717) is 24.3 Å². The smallest absolute Gasteiger partial charge is 0.333 e. The van der Waals surface area contributed by atoms with E-state index in [0.717, 1.165) is 6.42 Å². The quantitative estimate of drug-likeness (QED) is 0.580. The molecule has 20 heavy (non-hydrogen) atoms. The van der Waals surface area contributed by atoms with Gasteiger partial charge in [-0.25, -0.2) is 4.79 Å². The third-order valence-corrected chi connectivity index (χ3v) is 5.29. The number of hydrogen-bond acceptors (Lipinski definition) is 5. The molecule has 3 fully saturated rings. The van der Waals surface area contributed by atoms with Crippen molar-refractivity contribution in [2.45, 2.75) is 45.7 Å². The molecule has 0 N–H and O–H groups in total. The first kappa shape index (κ1) is 13.8. The van der Waals surface area contributed by atoms with Gasteiger partial charge in [-0.15, -0.1) is 0 Å². The minimum atomic E-state index is -0.633. The fourth-order valence-electron chi connectivity index (χ4n) is 3.97. The lowest BCUT2D eigenvalue weighted by Gasteiger charge is -2.45. The average Bonchev–Trinajstić information content (AvgIpc) is 2.96. The summed E-state index contributed by atoms with van der Waals surface area (Å²) in [4.78, 5) is 23.9. The van der Waals surface area contributed by atoms with Crippen molar-refractivity contribution < 1.29 is 23.8 Å². The SMILES string of the molecule is C=C(C(=O)OC)C12CC1CC(C(C)=O)(C1OC(C)O1)C2. The van der Waals surface area contributed by atoms with Gasteiger partial charge in [-0.3, -0.25) is 4.79 Å². The van der Waals surface area contributed by atoms with Crippen LogP contribution in [-0.2, 0) is 23.8 Å². The molecule has 0 aromatic rings. The number of carbonyl (C=O) groups is 2. The molecule has 0 aromatic heterocycles. The summed E-state index contributed by atoms with van der Waals surface area (Å²) in [5.74, 6) is -0.00425. The van der Waals surface area contributed by atoms with Gasteiger partial charge in [-0.2, -0.15) is 0 Å². The molecule has 3 unspecified atom stereocenters. The molecule has 1 aliphatic heterocycles. The first-order chi connectivity index (χ1) is 9.35. The fourth-order valence-corrected chi connectivity index (χ4v) is 3.97. The number of ketones is 1. The molecule has 0 spiro atoms. The maximum Gasteiger partial charge on any atom is 0.333 e. The summed E-state index contributed by atoms with van der Waals surface area (Å²) in [5, 5.41) is 0. The Morgan fingerprint density at radius 2 is 1.85 bits per heavy atom. The number of Topliss-reactive ketones (excluding diaryl/α,β-unsaturated/α-hetero) is 1. The summed E-state index contributed by atoms with van der Waals surface area (Å²) in [6.45, 7) is 7.28. The molecule has 3 atom stereocenters. The lowest BCUT2D eigenvalue weighted by atomic mass is 9.75. The molecule has 0 radical (unpaired) electrons. The van der Waals surface area contributed by atoms with Gasteiger partial charge in [0.05, 0.1) is 12.5 Å². The second kappa shape index (κ2) is 4.15. The second-order valence-electron chi connectivity index (χ2n) is 6.29. The Hall–Kier alpha value is -1.20. The first-order valence-corrected chi connectivity index (χ1v) is 6.95. The van der Waals surface area contributed by atoms with Gasteiger partial charge in [0.25, 0.3) is 0 Å². The van der Waals surface area contributed by atoms with Crippen molar-refractivity contribution in [2.24, 2.45) is 16.7 Å². The minimum absolute atomic E-state index is 0.0682. The van der Waals surface area contributed by atoms with Crippen LogP contribution in [0.3, 0.4) is 0 Å². The number of carbonyl (C=O) groups excluding carboxylic acids is 2. The van der Waals surface area contributed by atoms with Crippen molar-refractivity contribution >= 4 is 11.8 Å². The first-order valence-electron chi connectivity index (χ1n) is 6.95. The van der Waals surface area contributed by atoms with Crippen LogP contribution < -0.4 is 0 Å². The van der Waals surface area contributed by atoms with Gasteiger partial charge in [0.15, 0.2) is 12.6 Å². The molecular formula is C15H20O5. The number of fused-ring (bicyclic) bond motifs is 1. The average molecular weight is 280 g/mol. The van der Waals surface area contributed by atoms with E-state index in [9.17, 15) is 9.59 Å². The van der Waals surface area contributed by atoms with Crippen molar-refractivity contribution in [2.75, 3.05) is 7.11 Å². The van der Waals surface area contributed by atoms with Crippen LogP contribution in [0.4, 0.5) is 0 Å². The Bertz CT molecular complexity index is 492. The van der Waals surface area contributed by atoms with Gasteiger partial charge in [-0.05, 0) is 39.0 Å². The largest absolute Gasteiger partial charge is 0.466 e. The van der Waals surface area contributed by atoms with Crippen LogP contribution in [0.1, 0.15) is 33.1 Å². The molecule has 2 aliphatic carbocycles. The predicted octanol–water partition coefficient (Wildman–Crippen LogP) is 1.81. The zero-order chi connectivity index (χ0) is 14.7. The zero-order valence-corrected chi connectivity index (χ0v) is 12.1. The molecule has 3 aliphatic rings. The molecule has 3 rings (SSSR count). The molecule has 0 bridgehead atoms. The zero-order valence-electron chi connectivity index (χ0n) is 12.1. The molecular weight excluding hydrogens is 260 g/mol. The van der Waals surface area contributed by atoms with E-state index in [1.54, 1.807) is 6.92 Å². The van der Waals surface area contributed by atoms with Gasteiger partial charge < -0.3 is 14.2 Å². The Labute approximate surface area is 118 Å². The molecule has 5 heteroatoms. The number of esters is 1. The van der Waals surface area contributed by atoms with E-state index < -0.39 is 11.7 Å². The predicted molar refractivity (Wildman–Crippen MR) is 69.5 cm³/mol. The molecule has 2 saturated carbocycles. The van der Waals surface area contributed by atoms with Crippen LogP contribution in [0.25, 0.3) is 0 Å². The lowest BCUT2D eigenvalue weighted by Crippen LogP contribution is -2.53. The summed E-state index contributed by atoms with van der Waals surface area (Å²) in [5.41, 5.74) is -0.433. The highest BCUT2D eigenvalue weighted by Gasteiger charge is 2.72. The molecule has 110 valence electrons. The minimum Gasteiger partial charge on any atom is -0.466 e. The van der Waals surface area contributed by atoms with Crippen LogP contribution >= 0.6 is 0 Å². The summed E-state index contributed by atoms with van der Waals surface area (Å²) in [6.07, 6.45) is 1.44. The summed E-state index contributed by atoms with van der Waals surface area (Å²) < 4.78 is 15.9. The van der Waals surface area contributed by atoms with Gasteiger partial charge in [-0.1, -0.05) is 6.58 Å². The second-order valence-corrected chi connectivity index (χ2v) is 6.29. The van der Waals surface area contributed by atoms with Gasteiger partial charge in [0.2, 0.25) is 0 Å². The van der Waals surface area contributed by atoms with Gasteiger partial charge >= 0.3 is 5.97 Å². The van der Waals surface area contributed by atoms with Crippen molar-refractivity contribution in [1.82, 2.24) is 0 Å². The van der Waals surface area contributed by atoms with Crippen LogP contribution in [0.15, 0.2) is 12.2 Å². The molecule has 1 heterocycles. The maximum absolute atomic E-state index is 12.2. The van der Waals surface area contributed by atoms with Crippen LogP contribution in [0.2, 0.25) is 0 Å². The topological polar surface area (TPSA) is 61.8 Å². The molecule has 1 saturated heterocycles. The summed E-state index contributed by atoms with van der Waals surface area (Å²) in [6, 6.07) is 0. The van der Waals surface area contributed by atoms with Crippen molar-refractivity contribution in [3.8, 4) is 0 Å². The van der Waals surface area contributed by atoms with E-state index in [-0.39, 0.29) is 23.5 Å². The van der Waals surface area contributed by atoms with Gasteiger partial charge in [0, 0.05) is 11.0 Å². The summed E-state index contributed by atoms with van der Waals surface area (Å²) in [7, 11) is 1.36. The highest BCUT2D eigenvalue weighted by Crippen LogP contribution is 2.74. The van der Waals surface area contributed by atoms with E-state index in [2.05, 4.69) is 6.58 Å². The van der Waals surface area contributed by atoms with Crippen molar-refractivity contribution in [3.63, 3.8) is 0 Å². The van der Waals surface area contributed by atoms with Crippen molar-refractivity contribution in [1.29, 1.82) is 0 Å². The Morgan fingerprint density at radius 3 is 2.35 bits per heavy atom. The fraction of sp³-hybridized carbons (Fsp3) is 0.733. The van der Waals surface area contributed by atoms with E-state index in [4.69, 9.17) is 14.2 Å². The van der Waals surface area contributed by atoms with E-state index in [1.165, 1.54) is 7.11 Å². The highest BCUT2D eigenvalue weighted by atomic mass is 16.9. The number of methoxy groups -OCH3 is 1. The van der Waals surface area contributed by atoms with Crippen molar-refractivity contribution in [3.05, 3.63) is 12.2 Å². The Kier molecular flexibility index (Phi) is 2.86. The molecule has 0 amide bonds. The van der Waals surface area contributed by atoms with Crippen LogP contribution in [-0.4, -0.2) is 31.4 Å². The third-order valence-electron chi connectivity index (χ3n) is 5.29. The van der Waals surface area contributed by atoms with Crippen LogP contribution in [0, 0.1) is 16.7 Å². The standard InChI is InChI=1S/C15H20O5/c1-8(12(17)18-4)14-5-11(14)6-15(7-14,9(2)16)13-19-10(3)20-13/h10-11,13H,1,5-7H2,2-4H3. The third kappa shape index (κ3) is 1.63. The van der Waals surface area contributed by atoms with Gasteiger partial charge in [0.1, 0.15) is 5.78 Å². The monoisotopic (exact) mass is 280 g/mol.